The third-order valence-electron chi connectivity index (χ3n) is 1.29. The van der Waals surface area contributed by atoms with Crippen molar-refractivity contribution in [3.8, 4) is 0 Å². The van der Waals surface area contributed by atoms with Gasteiger partial charge in [-0.2, -0.15) is 0 Å². The third-order valence-corrected chi connectivity index (χ3v) is 1.29. The lowest BCUT2D eigenvalue weighted by Gasteiger charge is -2.10. The molecule has 0 aromatic carbocycles. The van der Waals surface area contributed by atoms with Crippen molar-refractivity contribution in [2.24, 2.45) is 0 Å². The maximum absolute atomic E-state index is 7.43. The fourth-order valence-electron chi connectivity index (χ4n) is 0.589. The Morgan fingerprint density at radius 1 is 1.73 bits per heavy atom. The highest BCUT2D eigenvalue weighted by molar-refractivity contribution is 5.80. The van der Waals surface area contributed by atoms with Gasteiger partial charge in [0, 0.05) is 19.4 Å². The molecule has 1 aromatic heterocycles. The van der Waals surface area contributed by atoms with E-state index in [1.807, 2.05) is 14.1 Å². The summed E-state index contributed by atoms with van der Waals surface area (Å²) >= 11 is 0. The zero-order chi connectivity index (χ0) is 8.27. The molecule has 11 heavy (non-hydrogen) atoms. The maximum Gasteiger partial charge on any atom is 0.164 e. The van der Waals surface area contributed by atoms with Gasteiger partial charge in [-0.25, -0.2) is 0 Å². The molecule has 0 aliphatic rings. The van der Waals surface area contributed by atoms with Gasteiger partial charge < -0.3 is 9.42 Å². The van der Waals surface area contributed by atoms with Crippen LogP contribution in [0.25, 0.3) is 0 Å². The van der Waals surface area contributed by atoms with E-state index in [0.29, 0.717) is 18.0 Å². The van der Waals surface area contributed by atoms with E-state index in [-0.39, 0.29) is 0 Å². The topological polar surface area (TPSA) is 66.0 Å². The van der Waals surface area contributed by atoms with Gasteiger partial charge in [0.25, 0.3) is 0 Å². The van der Waals surface area contributed by atoms with Gasteiger partial charge >= 0.3 is 0 Å². The molecule has 0 saturated carbocycles. The van der Waals surface area contributed by atoms with Crippen LogP contribution in [0.2, 0.25) is 0 Å². The Morgan fingerprint density at radius 2 is 2.45 bits per heavy atom. The molecule has 0 amide bonds. The van der Waals surface area contributed by atoms with E-state index in [1.165, 1.54) is 6.20 Å². The molecule has 5 heteroatoms. The largest absolute Gasteiger partial charge is 0.366 e. The zero-order valence-corrected chi connectivity index (χ0v) is 6.53. The fraction of sp³-hybridized carbons (Fsp3) is 0.500. The average Bonchev–Trinajstić information content (AvgIpc) is 2.39. The van der Waals surface area contributed by atoms with Crippen LogP contribution < -0.4 is 0 Å². The lowest BCUT2D eigenvalue weighted by atomic mass is 10.3. The monoisotopic (exact) mass is 154 g/mol. The summed E-state index contributed by atoms with van der Waals surface area (Å²) in [5.74, 6) is 1.09. The molecule has 0 atom stereocenters. The Bertz CT molecular complexity index is 229. The van der Waals surface area contributed by atoms with Gasteiger partial charge in [-0.05, 0) is 0 Å². The molecule has 1 heterocycles. The van der Waals surface area contributed by atoms with E-state index in [9.17, 15) is 0 Å². The van der Waals surface area contributed by atoms with Gasteiger partial charge in [-0.1, -0.05) is 0 Å². The predicted molar refractivity (Wildman–Crippen MR) is 39.4 cm³/mol. The summed E-state index contributed by atoms with van der Waals surface area (Å²) < 4.78 is 4.73. The molecule has 0 fully saturated rings. The van der Waals surface area contributed by atoms with Crippen LogP contribution in [0.5, 0.6) is 0 Å². The Balaban J connectivity index is 2.50. The van der Waals surface area contributed by atoms with Gasteiger partial charge in [-0.3, -0.25) is 5.41 Å². The second-order valence-corrected chi connectivity index (χ2v) is 2.40. The highest BCUT2D eigenvalue weighted by atomic mass is 16.5. The van der Waals surface area contributed by atoms with Gasteiger partial charge in [0.15, 0.2) is 5.76 Å². The van der Waals surface area contributed by atoms with Crippen molar-refractivity contribution in [3.05, 3.63) is 12.0 Å². The van der Waals surface area contributed by atoms with Crippen LogP contribution in [0.15, 0.2) is 10.7 Å². The minimum Gasteiger partial charge on any atom is -0.366 e. The van der Waals surface area contributed by atoms with Gasteiger partial charge in [0.1, 0.15) is 5.84 Å². The van der Waals surface area contributed by atoms with Crippen molar-refractivity contribution < 1.29 is 4.52 Å². The van der Waals surface area contributed by atoms with Crippen molar-refractivity contribution in [3.63, 3.8) is 0 Å². The average molecular weight is 154 g/mol. The molecule has 1 N–H and O–H groups in total. The van der Waals surface area contributed by atoms with Crippen LogP contribution in [0.4, 0.5) is 0 Å². The minimum atomic E-state index is 0.444. The molecular weight excluding hydrogens is 144 g/mol. The molecule has 0 aliphatic heterocycles. The van der Waals surface area contributed by atoms with Crippen LogP contribution in [-0.4, -0.2) is 35.2 Å². The van der Waals surface area contributed by atoms with Gasteiger partial charge in [0.2, 0.25) is 0 Å². The predicted octanol–water partition coefficient (Wildman–Crippen LogP) is 0.151. The number of likely N-dealkylation sites (N-methyl/N-ethyl adjacent to an activating group) is 1. The van der Waals surface area contributed by atoms with Crippen LogP contribution in [0, 0.1) is 5.41 Å². The number of aromatic nitrogens is 2. The molecule has 0 radical (unpaired) electrons. The number of amidine groups is 1. The summed E-state index contributed by atoms with van der Waals surface area (Å²) in [7, 11) is 3.62. The van der Waals surface area contributed by atoms with E-state index in [2.05, 4.69) is 10.4 Å². The summed E-state index contributed by atoms with van der Waals surface area (Å²) in [6.45, 7) is 0. The van der Waals surface area contributed by atoms with Crippen LogP contribution >= 0.6 is 0 Å². The third kappa shape index (κ3) is 2.03. The van der Waals surface area contributed by atoms with E-state index in [0.717, 1.165) is 0 Å². The number of nitrogens with one attached hydrogen (secondary N) is 1. The van der Waals surface area contributed by atoms with Crippen molar-refractivity contribution >= 4 is 5.84 Å². The van der Waals surface area contributed by atoms with Crippen molar-refractivity contribution in [1.29, 1.82) is 5.41 Å². The minimum absolute atomic E-state index is 0.444. The lowest BCUT2D eigenvalue weighted by molar-refractivity contribution is 0.367. The number of hydrogen-bond acceptors (Lipinski definition) is 4. The molecule has 0 aliphatic carbocycles. The first kappa shape index (κ1) is 7.71. The quantitative estimate of drug-likeness (QED) is 0.486. The number of rotatable bonds is 2. The SMILES string of the molecule is CN(C)C(=N)Cc1cnno1. The molecule has 60 valence electrons. The van der Waals surface area contributed by atoms with Crippen LogP contribution in [0.3, 0.4) is 0 Å². The van der Waals surface area contributed by atoms with Crippen LogP contribution in [0.1, 0.15) is 5.76 Å². The van der Waals surface area contributed by atoms with Crippen molar-refractivity contribution in [1.82, 2.24) is 15.3 Å². The molecule has 0 unspecified atom stereocenters. The normalized spacial score (nSPS) is 9.64. The molecule has 0 bridgehead atoms. The van der Waals surface area contributed by atoms with Gasteiger partial charge in [-0.15, -0.1) is 5.10 Å². The standard InChI is InChI=1S/C6H10N4O/c1-10(2)6(7)3-5-4-8-9-11-5/h4,7H,3H2,1-2H3. The van der Waals surface area contributed by atoms with E-state index in [4.69, 9.17) is 9.93 Å². The maximum atomic E-state index is 7.43. The molecule has 0 saturated heterocycles. The van der Waals surface area contributed by atoms with E-state index in [1.54, 1.807) is 4.90 Å². The first-order chi connectivity index (χ1) is 5.20. The van der Waals surface area contributed by atoms with Crippen molar-refractivity contribution in [2.75, 3.05) is 14.1 Å². The number of nitrogens with zero attached hydrogens (tertiary/aromatic N) is 3. The molecular formula is C6H10N4O. The lowest BCUT2D eigenvalue weighted by Crippen LogP contribution is -2.22. The van der Waals surface area contributed by atoms with E-state index >= 15 is 0 Å². The van der Waals surface area contributed by atoms with Gasteiger partial charge in [0.05, 0.1) is 12.6 Å². The number of hydrogen-bond donors (Lipinski definition) is 1. The molecule has 1 aromatic rings. The van der Waals surface area contributed by atoms with Crippen LogP contribution in [-0.2, 0) is 6.42 Å². The summed E-state index contributed by atoms with van der Waals surface area (Å²) in [5.41, 5.74) is 0. The highest BCUT2D eigenvalue weighted by Crippen LogP contribution is 1.96. The van der Waals surface area contributed by atoms with Crippen molar-refractivity contribution in [2.45, 2.75) is 6.42 Å². The zero-order valence-electron chi connectivity index (χ0n) is 6.53. The summed E-state index contributed by atoms with van der Waals surface area (Å²) in [5, 5.41) is 14.2. The molecule has 1 rings (SSSR count). The summed E-state index contributed by atoms with van der Waals surface area (Å²) in [6.07, 6.45) is 1.96. The second-order valence-electron chi connectivity index (χ2n) is 2.40. The Morgan fingerprint density at radius 3 is 2.91 bits per heavy atom. The molecule has 5 nitrogen and oxygen atoms in total. The Labute approximate surface area is 64.5 Å². The molecule has 0 spiro atoms. The van der Waals surface area contributed by atoms with E-state index < -0.39 is 0 Å². The summed E-state index contributed by atoms with van der Waals surface area (Å²) in [4.78, 5) is 1.71. The fourth-order valence-corrected chi connectivity index (χ4v) is 0.589. The summed E-state index contributed by atoms with van der Waals surface area (Å²) in [6, 6.07) is 0. The Kier molecular flexibility index (Phi) is 2.20. The second kappa shape index (κ2) is 3.14. The first-order valence-corrected chi connectivity index (χ1v) is 3.21. The smallest absolute Gasteiger partial charge is 0.164 e. The first-order valence-electron chi connectivity index (χ1n) is 3.21. The Hall–Kier alpha value is -1.39. The highest BCUT2D eigenvalue weighted by Gasteiger charge is 2.04.